The van der Waals surface area contributed by atoms with Crippen molar-refractivity contribution in [3.63, 3.8) is 0 Å². The molecule has 64 heavy (non-hydrogen) atoms. The van der Waals surface area contributed by atoms with E-state index in [2.05, 4.69) is 26.1 Å². The molecule has 1 amide bonds. The topological polar surface area (TPSA) is 187 Å². The number of nitrogens with one attached hydrogen (secondary N) is 1. The quantitative estimate of drug-likeness (QED) is 0.0170. The average molecular weight is 935 g/mol. The van der Waals surface area contributed by atoms with Gasteiger partial charge in [0, 0.05) is 6.42 Å². The van der Waals surface area contributed by atoms with Crippen LogP contribution in [0.2, 0.25) is 0 Å². The van der Waals surface area contributed by atoms with Gasteiger partial charge in [0.2, 0.25) is 5.91 Å². The molecule has 0 aliphatic carbocycles. The fraction of sp³-hybridized carbons (Fsp3) is 0.940. The molecule has 0 spiro atoms. The minimum Gasteiger partial charge on any atom is -0.756 e. The Morgan fingerprint density at radius 1 is 0.719 bits per heavy atom. The predicted octanol–water partition coefficient (Wildman–Crippen LogP) is 9.41. The molecule has 0 radical (unpaired) electrons. The van der Waals surface area contributed by atoms with Gasteiger partial charge in [-0.2, -0.15) is 0 Å². The lowest BCUT2D eigenvalue weighted by atomic mass is 9.99. The highest BCUT2D eigenvalue weighted by atomic mass is 31.2. The molecule has 1 unspecified atom stereocenters. The Bertz CT molecular complexity index is 1190. The van der Waals surface area contributed by atoms with Gasteiger partial charge in [0.15, 0.2) is 6.29 Å². The number of allylic oxidation sites excluding steroid dienone is 1. The number of likely N-dealkylation sites (N-methyl/N-ethyl adjacent to an activating group) is 1. The van der Waals surface area contributed by atoms with Crippen LogP contribution in [0.25, 0.3) is 0 Å². The molecule has 14 heteroatoms. The molecule has 8 atom stereocenters. The molecule has 1 saturated heterocycles. The lowest BCUT2D eigenvalue weighted by Gasteiger charge is -2.41. The van der Waals surface area contributed by atoms with E-state index in [9.17, 15) is 34.7 Å². The van der Waals surface area contributed by atoms with Gasteiger partial charge in [-0.3, -0.25) is 9.36 Å². The second-order valence-corrected chi connectivity index (χ2v) is 21.5. The highest BCUT2D eigenvalue weighted by Crippen LogP contribution is 2.39. The maximum atomic E-state index is 13.1. The van der Waals surface area contributed by atoms with Crippen LogP contribution in [0.3, 0.4) is 0 Å². The van der Waals surface area contributed by atoms with Crippen molar-refractivity contribution in [2.24, 2.45) is 5.92 Å². The fourth-order valence-electron chi connectivity index (χ4n) is 7.96. The summed E-state index contributed by atoms with van der Waals surface area (Å²) in [5.74, 6) is 0.541. The third kappa shape index (κ3) is 33.5. The summed E-state index contributed by atoms with van der Waals surface area (Å²) >= 11 is 0. The molecular weight excluding hydrogens is 836 g/mol. The van der Waals surface area contributed by atoms with Crippen molar-refractivity contribution in [2.45, 2.75) is 250 Å². The van der Waals surface area contributed by atoms with Crippen LogP contribution >= 0.6 is 7.82 Å². The molecular formula is C50H99N2O11P. The van der Waals surface area contributed by atoms with E-state index in [4.69, 9.17) is 18.5 Å². The summed E-state index contributed by atoms with van der Waals surface area (Å²) in [4.78, 5) is 25.5. The molecule has 0 aromatic carbocycles. The molecule has 1 heterocycles. The van der Waals surface area contributed by atoms with E-state index in [1.54, 1.807) is 6.08 Å². The number of aliphatic hydroxyl groups excluding tert-OH is 4. The number of nitrogens with zero attached hydrogens (tertiary/aromatic N) is 1. The highest BCUT2D eigenvalue weighted by molar-refractivity contribution is 7.45. The first-order valence-electron chi connectivity index (χ1n) is 25.9. The number of carbonyl (C=O) groups excluding carboxylic acids is 1. The molecule has 1 aliphatic rings. The van der Waals surface area contributed by atoms with Gasteiger partial charge < -0.3 is 53.6 Å². The van der Waals surface area contributed by atoms with Gasteiger partial charge in [-0.1, -0.05) is 193 Å². The summed E-state index contributed by atoms with van der Waals surface area (Å²) < 4.78 is 34.3. The van der Waals surface area contributed by atoms with E-state index in [1.807, 2.05) is 27.2 Å². The zero-order chi connectivity index (χ0) is 47.5. The minimum atomic E-state index is -4.77. The van der Waals surface area contributed by atoms with Gasteiger partial charge >= 0.3 is 0 Å². The molecule has 380 valence electrons. The first-order chi connectivity index (χ1) is 30.6. The van der Waals surface area contributed by atoms with Gasteiger partial charge in [-0.25, -0.2) is 0 Å². The SMILES string of the molecule is CCCCCCCCCCCCCCCCCCCCC(=O)N[C@@H](CO[C@@H]1O[C@H](COP(=O)([O-])OCC[N+](C)(C)C)[C@H](O)[C@H](O)[C@H]1O)[C@H](O)/C=C/CCCCCCCCCCC(C)C. The number of phosphoric acid groups is 1. The number of rotatable bonds is 43. The minimum absolute atomic E-state index is 0.117. The van der Waals surface area contributed by atoms with Gasteiger partial charge in [0.1, 0.15) is 37.6 Å². The van der Waals surface area contributed by atoms with E-state index in [0.717, 1.165) is 50.9 Å². The molecule has 1 aliphatic heterocycles. The Kier molecular flexibility index (Phi) is 36.2. The van der Waals surface area contributed by atoms with Crippen LogP contribution in [0.15, 0.2) is 12.2 Å². The summed E-state index contributed by atoms with van der Waals surface area (Å²) in [6.45, 7) is 6.11. The monoisotopic (exact) mass is 935 g/mol. The smallest absolute Gasteiger partial charge is 0.268 e. The second kappa shape index (κ2) is 38.0. The maximum absolute atomic E-state index is 13.1. The number of ether oxygens (including phenoxy) is 2. The van der Waals surface area contributed by atoms with Crippen LogP contribution in [-0.2, 0) is 27.9 Å². The summed E-state index contributed by atoms with van der Waals surface area (Å²) in [5, 5.41) is 46.0. The van der Waals surface area contributed by atoms with Crippen molar-refractivity contribution >= 4 is 13.7 Å². The Hall–Kier alpha value is -0.960. The van der Waals surface area contributed by atoms with Gasteiger partial charge in [-0.15, -0.1) is 0 Å². The van der Waals surface area contributed by atoms with Gasteiger partial charge in [-0.05, 0) is 25.2 Å². The normalized spacial score (nSPS) is 21.4. The Labute approximate surface area is 391 Å². The molecule has 5 N–H and O–H groups in total. The third-order valence-electron chi connectivity index (χ3n) is 12.3. The van der Waals surface area contributed by atoms with E-state index >= 15 is 0 Å². The Balaban J connectivity index is 2.59. The van der Waals surface area contributed by atoms with E-state index in [-0.39, 0.29) is 19.1 Å². The third-order valence-corrected chi connectivity index (χ3v) is 13.2. The number of quaternary nitrogens is 1. The lowest BCUT2D eigenvalue weighted by Crippen LogP contribution is -2.60. The average Bonchev–Trinajstić information content (AvgIpc) is 3.23. The van der Waals surface area contributed by atoms with Crippen LogP contribution in [-0.4, -0.2) is 121 Å². The van der Waals surface area contributed by atoms with Crippen molar-refractivity contribution in [1.82, 2.24) is 5.32 Å². The van der Waals surface area contributed by atoms with Crippen molar-refractivity contribution in [2.75, 3.05) is 47.5 Å². The van der Waals surface area contributed by atoms with Crippen LogP contribution in [0.4, 0.5) is 0 Å². The summed E-state index contributed by atoms with van der Waals surface area (Å²) in [5.41, 5.74) is 0. The van der Waals surface area contributed by atoms with Crippen LogP contribution in [0, 0.1) is 5.92 Å². The number of hydrogen-bond acceptors (Lipinski definition) is 11. The number of carbonyl (C=O) groups is 1. The number of unbranched alkanes of at least 4 members (excludes halogenated alkanes) is 25. The lowest BCUT2D eigenvalue weighted by molar-refractivity contribution is -0.870. The van der Waals surface area contributed by atoms with Crippen LogP contribution < -0.4 is 10.2 Å². The second-order valence-electron chi connectivity index (χ2n) is 20.1. The number of phosphoric ester groups is 1. The van der Waals surface area contributed by atoms with Crippen molar-refractivity contribution in [3.8, 4) is 0 Å². The fourth-order valence-corrected chi connectivity index (χ4v) is 8.67. The molecule has 1 fully saturated rings. The molecule has 1 rings (SSSR count). The summed E-state index contributed by atoms with van der Waals surface area (Å²) in [6.07, 6.45) is 29.2. The largest absolute Gasteiger partial charge is 0.756 e. The van der Waals surface area contributed by atoms with Crippen LogP contribution in [0.5, 0.6) is 0 Å². The summed E-state index contributed by atoms with van der Waals surface area (Å²) in [7, 11) is 0.873. The number of aliphatic hydroxyl groups is 4. The standard InChI is InChI=1S/C50H99N2O11P/c1-7-8-9-10-11-12-13-14-15-16-17-18-19-20-25-28-31-34-37-46(54)51-43(44(53)36-33-30-27-24-22-21-23-26-29-32-35-42(2)3)40-60-50-49(57)48(56)47(55)45(63-50)41-62-64(58,59)61-39-38-52(4,5)6/h33,36,42-45,47-50,53,55-57H,7-32,34-35,37-41H2,1-6H3,(H-,51,54,58,59)/b36-33+/t43-,44+,45+,47-,48-,49+,50+/m0/s1. The molecule has 0 aromatic rings. The maximum Gasteiger partial charge on any atom is 0.268 e. The van der Waals surface area contributed by atoms with Crippen molar-refractivity contribution in [1.29, 1.82) is 0 Å². The van der Waals surface area contributed by atoms with Crippen molar-refractivity contribution in [3.05, 3.63) is 12.2 Å². The zero-order valence-corrected chi connectivity index (χ0v) is 42.5. The Morgan fingerprint density at radius 3 is 1.70 bits per heavy atom. The van der Waals surface area contributed by atoms with E-state index in [0.29, 0.717) is 17.4 Å². The zero-order valence-electron chi connectivity index (χ0n) is 41.6. The molecule has 0 bridgehead atoms. The van der Waals surface area contributed by atoms with Gasteiger partial charge in [0.05, 0.1) is 46.5 Å². The van der Waals surface area contributed by atoms with E-state index in [1.165, 1.54) is 135 Å². The Morgan fingerprint density at radius 2 is 1.20 bits per heavy atom. The summed E-state index contributed by atoms with van der Waals surface area (Å²) in [6, 6.07) is -0.902. The van der Waals surface area contributed by atoms with Gasteiger partial charge in [0.25, 0.3) is 7.82 Å². The molecule has 0 aromatic heterocycles. The molecule has 13 nitrogen and oxygen atoms in total. The van der Waals surface area contributed by atoms with E-state index < -0.39 is 57.3 Å². The predicted molar refractivity (Wildman–Crippen MR) is 257 cm³/mol. The van der Waals surface area contributed by atoms with Crippen molar-refractivity contribution < 1.29 is 57.7 Å². The molecule has 0 saturated carbocycles. The number of amides is 1. The first kappa shape index (κ1) is 61.1. The highest BCUT2D eigenvalue weighted by Gasteiger charge is 2.45. The number of hydrogen-bond donors (Lipinski definition) is 5. The van der Waals surface area contributed by atoms with Crippen LogP contribution in [0.1, 0.15) is 207 Å². The first-order valence-corrected chi connectivity index (χ1v) is 27.4.